The van der Waals surface area contributed by atoms with E-state index in [-0.39, 0.29) is 24.4 Å². The van der Waals surface area contributed by atoms with E-state index in [1.165, 1.54) is 18.6 Å². The summed E-state index contributed by atoms with van der Waals surface area (Å²) in [5, 5.41) is 14.9. The first-order chi connectivity index (χ1) is 14.4. The van der Waals surface area contributed by atoms with E-state index < -0.39 is 25.6 Å². The first kappa shape index (κ1) is 22.2. The van der Waals surface area contributed by atoms with Crippen LogP contribution < -0.4 is 0 Å². The van der Waals surface area contributed by atoms with Crippen molar-refractivity contribution in [3.63, 3.8) is 0 Å². The van der Waals surface area contributed by atoms with Crippen molar-refractivity contribution in [1.82, 2.24) is 0 Å². The lowest BCUT2D eigenvalue weighted by Gasteiger charge is -2.25. The highest BCUT2D eigenvalue weighted by atomic mass is 32.2. The maximum Gasteiger partial charge on any atom is 0.365 e. The van der Waals surface area contributed by atoms with Crippen molar-refractivity contribution in [3.8, 4) is 0 Å². The molecule has 2 saturated carbocycles. The molecular formula is C20H26N2O7S. The van der Waals surface area contributed by atoms with Crippen LogP contribution in [0.25, 0.3) is 0 Å². The number of rotatable bonds is 7. The van der Waals surface area contributed by atoms with E-state index in [1.54, 1.807) is 0 Å². The first-order valence-electron chi connectivity index (χ1n) is 10.3. The lowest BCUT2D eigenvalue weighted by molar-refractivity contribution is -0.387. The number of nitro benzene ring substituents is 1. The van der Waals surface area contributed by atoms with Gasteiger partial charge in [-0.1, -0.05) is 30.1 Å². The largest absolute Gasteiger partial charge is 0.462 e. The molecule has 0 aliphatic heterocycles. The second-order valence-electron chi connectivity index (χ2n) is 7.73. The van der Waals surface area contributed by atoms with Crippen molar-refractivity contribution in [2.45, 2.75) is 75.2 Å². The number of carbonyl (C=O) groups excluding carboxylic acids is 1. The van der Waals surface area contributed by atoms with Gasteiger partial charge in [0.2, 0.25) is 0 Å². The van der Waals surface area contributed by atoms with Crippen molar-refractivity contribution < 1.29 is 27.2 Å². The summed E-state index contributed by atoms with van der Waals surface area (Å²) in [7, 11) is -4.46. The van der Waals surface area contributed by atoms with E-state index in [4.69, 9.17) is 9.02 Å². The number of nitrogens with zero attached hydrogens (tertiary/aromatic N) is 2. The lowest BCUT2D eigenvalue weighted by Crippen LogP contribution is -2.27. The minimum absolute atomic E-state index is 0.0366. The Morgan fingerprint density at radius 1 is 1.10 bits per heavy atom. The number of para-hydroxylation sites is 1. The Morgan fingerprint density at radius 3 is 2.53 bits per heavy atom. The zero-order valence-corrected chi connectivity index (χ0v) is 17.5. The van der Waals surface area contributed by atoms with Crippen LogP contribution in [0.15, 0.2) is 34.3 Å². The van der Waals surface area contributed by atoms with E-state index in [2.05, 4.69) is 5.16 Å². The predicted octanol–water partition coefficient (Wildman–Crippen LogP) is 4.11. The van der Waals surface area contributed by atoms with Gasteiger partial charge < -0.3 is 4.74 Å². The average molecular weight is 439 g/mol. The van der Waals surface area contributed by atoms with E-state index in [9.17, 15) is 23.3 Å². The predicted molar refractivity (Wildman–Crippen MR) is 108 cm³/mol. The summed E-state index contributed by atoms with van der Waals surface area (Å²) < 4.78 is 35.3. The summed E-state index contributed by atoms with van der Waals surface area (Å²) >= 11 is 0. The summed E-state index contributed by atoms with van der Waals surface area (Å²) in [5.41, 5.74) is -0.0991. The Morgan fingerprint density at radius 2 is 1.80 bits per heavy atom. The van der Waals surface area contributed by atoms with Crippen LogP contribution in [0.3, 0.4) is 0 Å². The molecule has 0 heterocycles. The van der Waals surface area contributed by atoms with Gasteiger partial charge in [0.05, 0.1) is 17.1 Å². The number of ether oxygens (including phenoxy) is 1. The van der Waals surface area contributed by atoms with Crippen LogP contribution in [0.4, 0.5) is 5.69 Å². The summed E-state index contributed by atoms with van der Waals surface area (Å²) in [5.74, 6) is -0.557. The molecule has 0 radical (unpaired) electrons. The fourth-order valence-corrected chi connectivity index (χ4v) is 4.90. The van der Waals surface area contributed by atoms with Crippen LogP contribution >= 0.6 is 0 Å². The fourth-order valence-electron chi connectivity index (χ4n) is 3.98. The molecule has 164 valence electrons. The fraction of sp³-hybridized carbons (Fsp3) is 0.600. The number of nitro groups is 1. The van der Waals surface area contributed by atoms with Crippen LogP contribution in [0, 0.1) is 16.0 Å². The Labute approximate surface area is 175 Å². The van der Waals surface area contributed by atoms with Gasteiger partial charge in [-0.15, -0.1) is 0 Å². The van der Waals surface area contributed by atoms with Crippen molar-refractivity contribution in [2.75, 3.05) is 0 Å². The van der Waals surface area contributed by atoms with Crippen molar-refractivity contribution >= 4 is 27.5 Å². The number of hydrogen-bond donors (Lipinski definition) is 0. The van der Waals surface area contributed by atoms with Crippen LogP contribution in [0.2, 0.25) is 0 Å². The Balaban J connectivity index is 1.68. The van der Waals surface area contributed by atoms with Gasteiger partial charge in [0.1, 0.15) is 6.10 Å². The third kappa shape index (κ3) is 5.78. The van der Waals surface area contributed by atoms with Gasteiger partial charge in [-0.05, 0) is 51.0 Å². The highest BCUT2D eigenvalue weighted by Crippen LogP contribution is 2.29. The summed E-state index contributed by atoms with van der Waals surface area (Å²) in [6.07, 6.45) is 8.05. The van der Waals surface area contributed by atoms with Crippen LogP contribution in [-0.2, 0) is 23.9 Å². The van der Waals surface area contributed by atoms with Crippen LogP contribution in [-0.4, -0.2) is 31.1 Å². The SMILES string of the molecule is O=C(CC1CCCC/C1=N\OS(=O)(=O)c1ccccc1[N+](=O)[O-])OC1CCCCC1. The molecule has 2 aliphatic rings. The number of carbonyl (C=O) groups is 1. The smallest absolute Gasteiger partial charge is 0.365 e. The van der Waals surface area contributed by atoms with Crippen LogP contribution in [0.1, 0.15) is 64.2 Å². The minimum atomic E-state index is -4.46. The maximum atomic E-state index is 12.5. The molecule has 1 aromatic rings. The standard InChI is InChI=1S/C20H26N2O7S/c23-20(28-16-9-2-1-3-10-16)14-15-8-4-5-11-17(15)21-29-30(26,27)19-13-7-6-12-18(19)22(24)25/h6-7,12-13,15-16H,1-5,8-11,14H2/b21-17+. The number of hydrogen-bond acceptors (Lipinski definition) is 8. The van der Waals surface area contributed by atoms with Gasteiger partial charge in [-0.25, -0.2) is 0 Å². The molecule has 0 N–H and O–H groups in total. The molecule has 0 amide bonds. The van der Waals surface area contributed by atoms with E-state index in [0.29, 0.717) is 18.6 Å². The molecule has 10 heteroatoms. The van der Waals surface area contributed by atoms with Gasteiger partial charge in [0.15, 0.2) is 4.90 Å². The van der Waals surface area contributed by atoms with Gasteiger partial charge in [-0.3, -0.25) is 19.2 Å². The quantitative estimate of drug-likeness (QED) is 0.356. The summed E-state index contributed by atoms with van der Waals surface area (Å²) in [6, 6.07) is 4.95. The average Bonchev–Trinajstić information content (AvgIpc) is 2.74. The monoisotopic (exact) mass is 438 g/mol. The van der Waals surface area contributed by atoms with Gasteiger partial charge in [0, 0.05) is 12.0 Å². The second-order valence-corrected chi connectivity index (χ2v) is 9.23. The molecule has 1 unspecified atom stereocenters. The third-order valence-electron chi connectivity index (χ3n) is 5.55. The second kappa shape index (κ2) is 10.0. The topological polar surface area (TPSA) is 125 Å². The molecule has 1 atom stereocenters. The third-order valence-corrected chi connectivity index (χ3v) is 6.71. The molecule has 2 fully saturated rings. The zero-order valence-electron chi connectivity index (χ0n) is 16.7. The normalized spacial score (nSPS) is 21.9. The van der Waals surface area contributed by atoms with E-state index in [1.807, 2.05) is 0 Å². The van der Waals surface area contributed by atoms with Gasteiger partial charge in [-0.2, -0.15) is 8.42 Å². The molecule has 30 heavy (non-hydrogen) atoms. The molecule has 2 aliphatic carbocycles. The van der Waals surface area contributed by atoms with E-state index >= 15 is 0 Å². The Hall–Kier alpha value is -2.49. The van der Waals surface area contributed by atoms with Gasteiger partial charge >= 0.3 is 16.1 Å². The molecule has 0 bridgehead atoms. The molecule has 3 rings (SSSR count). The first-order valence-corrected chi connectivity index (χ1v) is 11.7. The summed E-state index contributed by atoms with van der Waals surface area (Å²) in [6.45, 7) is 0. The lowest BCUT2D eigenvalue weighted by atomic mass is 9.85. The van der Waals surface area contributed by atoms with Gasteiger partial charge in [0.25, 0.3) is 5.69 Å². The number of benzene rings is 1. The maximum absolute atomic E-state index is 12.5. The molecule has 0 saturated heterocycles. The number of esters is 1. The molecule has 0 aromatic heterocycles. The highest BCUT2D eigenvalue weighted by Gasteiger charge is 2.30. The zero-order chi connectivity index (χ0) is 21.6. The van der Waals surface area contributed by atoms with Crippen LogP contribution in [0.5, 0.6) is 0 Å². The number of oxime groups is 1. The van der Waals surface area contributed by atoms with Crippen molar-refractivity contribution in [1.29, 1.82) is 0 Å². The highest BCUT2D eigenvalue weighted by molar-refractivity contribution is 7.86. The minimum Gasteiger partial charge on any atom is -0.462 e. The van der Waals surface area contributed by atoms with E-state index in [0.717, 1.165) is 50.7 Å². The Kier molecular flexibility index (Phi) is 7.41. The summed E-state index contributed by atoms with van der Waals surface area (Å²) in [4.78, 5) is 22.1. The molecule has 9 nitrogen and oxygen atoms in total. The Bertz CT molecular complexity index is 907. The van der Waals surface area contributed by atoms with Crippen molar-refractivity contribution in [3.05, 3.63) is 34.4 Å². The molecule has 1 aromatic carbocycles. The van der Waals surface area contributed by atoms with Crippen molar-refractivity contribution in [2.24, 2.45) is 11.1 Å². The molecular weight excluding hydrogens is 412 g/mol. The molecule has 0 spiro atoms.